The van der Waals surface area contributed by atoms with Crippen molar-refractivity contribution in [3.8, 4) is 0 Å². The fraction of sp³-hybridized carbons (Fsp3) is 0.781. The third-order valence-electron chi connectivity index (χ3n) is 12.4. The molecular weight excluding hydrogens is 564 g/mol. The van der Waals surface area contributed by atoms with Gasteiger partial charge < -0.3 is 14.9 Å². The molecule has 4 fully saturated rings. The Morgan fingerprint density at radius 1 is 1.05 bits per heavy atom. The molecule has 0 radical (unpaired) electrons. The SMILES string of the molecule is CC[C@@H]1C2C[C@H](O)CCC2(C)[C@H]2CCC3(C)[C@@H]([C@H](C)CCOC(=O)NS(=O)(=O)c4ccc(F)c(F)c4)CC[C@H]3[C@H]2[C@@H]1O. The fourth-order valence-electron chi connectivity index (χ4n) is 10.3. The molecule has 11 atom stereocenters. The number of halogens is 2. The van der Waals surface area contributed by atoms with Crippen molar-refractivity contribution in [1.29, 1.82) is 0 Å². The number of carbonyl (C=O) groups is 1. The monoisotopic (exact) mass is 611 g/mol. The number of carbonyl (C=O) groups excluding carboxylic acids is 1. The second-order valence-electron chi connectivity index (χ2n) is 14.2. The molecule has 5 rings (SSSR count). The summed E-state index contributed by atoms with van der Waals surface area (Å²) in [4.78, 5) is 11.7. The van der Waals surface area contributed by atoms with Gasteiger partial charge in [-0.3, -0.25) is 0 Å². The molecule has 7 nitrogen and oxygen atoms in total. The molecule has 0 bridgehead atoms. The van der Waals surface area contributed by atoms with Gasteiger partial charge in [0.05, 0.1) is 23.7 Å². The molecule has 10 heteroatoms. The number of fused-ring (bicyclic) bond motifs is 5. The Labute approximate surface area is 248 Å². The van der Waals surface area contributed by atoms with Crippen LogP contribution in [-0.4, -0.2) is 43.5 Å². The summed E-state index contributed by atoms with van der Waals surface area (Å²) in [6.45, 7) is 9.19. The average molecular weight is 612 g/mol. The second kappa shape index (κ2) is 11.6. The van der Waals surface area contributed by atoms with Gasteiger partial charge in [-0.1, -0.05) is 34.1 Å². The number of sulfonamides is 1. The van der Waals surface area contributed by atoms with Crippen LogP contribution in [0.2, 0.25) is 0 Å². The van der Waals surface area contributed by atoms with Crippen molar-refractivity contribution < 1.29 is 36.9 Å². The summed E-state index contributed by atoms with van der Waals surface area (Å²) in [7, 11) is -4.40. The number of nitrogens with one attached hydrogen (secondary N) is 1. The largest absolute Gasteiger partial charge is 0.449 e. The smallest absolute Gasteiger partial charge is 0.421 e. The van der Waals surface area contributed by atoms with Crippen molar-refractivity contribution in [3.63, 3.8) is 0 Å². The number of aliphatic hydroxyl groups excluding tert-OH is 2. The van der Waals surface area contributed by atoms with Crippen LogP contribution in [-0.2, 0) is 14.8 Å². The van der Waals surface area contributed by atoms with E-state index in [0.717, 1.165) is 57.4 Å². The van der Waals surface area contributed by atoms with Gasteiger partial charge >= 0.3 is 6.09 Å². The van der Waals surface area contributed by atoms with Gasteiger partial charge in [-0.25, -0.2) is 26.7 Å². The van der Waals surface area contributed by atoms with Crippen molar-refractivity contribution in [3.05, 3.63) is 29.8 Å². The number of aliphatic hydroxyl groups is 2. The van der Waals surface area contributed by atoms with E-state index in [9.17, 15) is 32.2 Å². The lowest BCUT2D eigenvalue weighted by Crippen LogP contribution is -2.62. The molecule has 4 aliphatic rings. The molecule has 4 aliphatic carbocycles. The maximum atomic E-state index is 13.5. The normalized spacial score (nSPS) is 40.4. The number of hydrogen-bond donors (Lipinski definition) is 3. The quantitative estimate of drug-likeness (QED) is 0.347. The zero-order chi connectivity index (χ0) is 30.6. The Balaban J connectivity index is 1.21. The Morgan fingerprint density at radius 3 is 2.43 bits per heavy atom. The lowest BCUT2D eigenvalue weighted by Gasteiger charge is -2.64. The minimum absolute atomic E-state index is 0.0339. The Hall–Kier alpha value is -1.78. The molecule has 3 unspecified atom stereocenters. The van der Waals surface area contributed by atoms with Gasteiger partial charge in [0.1, 0.15) is 0 Å². The first kappa shape index (κ1) is 31.6. The number of amides is 1. The highest BCUT2D eigenvalue weighted by Gasteiger charge is 2.64. The van der Waals surface area contributed by atoms with Gasteiger partial charge in [0.2, 0.25) is 0 Å². The highest BCUT2D eigenvalue weighted by Crippen LogP contribution is 2.69. The summed E-state index contributed by atoms with van der Waals surface area (Å²) in [5.74, 6) is -0.184. The number of rotatable bonds is 7. The fourth-order valence-corrected chi connectivity index (χ4v) is 11.2. The van der Waals surface area contributed by atoms with E-state index >= 15 is 0 Å². The van der Waals surface area contributed by atoms with Crippen LogP contribution >= 0.6 is 0 Å². The molecule has 0 heterocycles. The summed E-state index contributed by atoms with van der Waals surface area (Å²) in [6.07, 6.45) is 6.68. The first-order valence-corrected chi connectivity index (χ1v) is 17.2. The number of benzene rings is 1. The molecule has 0 aromatic heterocycles. The Kier molecular flexibility index (Phi) is 8.75. The minimum Gasteiger partial charge on any atom is -0.449 e. The van der Waals surface area contributed by atoms with Crippen LogP contribution in [0.4, 0.5) is 13.6 Å². The molecule has 42 heavy (non-hydrogen) atoms. The second-order valence-corrected chi connectivity index (χ2v) is 15.9. The molecule has 1 amide bonds. The van der Waals surface area contributed by atoms with E-state index in [1.54, 1.807) is 4.72 Å². The first-order chi connectivity index (χ1) is 19.7. The summed E-state index contributed by atoms with van der Waals surface area (Å²) in [5, 5.41) is 22.4. The van der Waals surface area contributed by atoms with Crippen molar-refractivity contribution in [2.45, 2.75) is 103 Å². The molecule has 236 valence electrons. The van der Waals surface area contributed by atoms with Gasteiger partial charge in [0, 0.05) is 0 Å². The van der Waals surface area contributed by atoms with E-state index in [4.69, 9.17) is 4.74 Å². The lowest BCUT2D eigenvalue weighted by atomic mass is 9.41. The number of hydrogen-bond acceptors (Lipinski definition) is 6. The van der Waals surface area contributed by atoms with E-state index in [1.165, 1.54) is 0 Å². The van der Waals surface area contributed by atoms with Crippen LogP contribution in [0.25, 0.3) is 0 Å². The number of ether oxygens (including phenoxy) is 1. The molecule has 1 aromatic carbocycles. The average Bonchev–Trinajstić information content (AvgIpc) is 3.28. The Morgan fingerprint density at radius 2 is 1.74 bits per heavy atom. The highest BCUT2D eigenvalue weighted by molar-refractivity contribution is 7.90. The zero-order valence-electron chi connectivity index (χ0n) is 25.2. The van der Waals surface area contributed by atoms with Crippen LogP contribution in [0, 0.1) is 63.9 Å². The van der Waals surface area contributed by atoms with E-state index in [2.05, 4.69) is 27.7 Å². The van der Waals surface area contributed by atoms with Gasteiger partial charge in [0.25, 0.3) is 10.0 Å². The van der Waals surface area contributed by atoms with Gasteiger partial charge in [-0.05, 0) is 122 Å². The zero-order valence-corrected chi connectivity index (χ0v) is 26.0. The molecular formula is C32H47F2NO6S. The molecule has 0 saturated heterocycles. The van der Waals surface area contributed by atoms with E-state index in [0.29, 0.717) is 42.2 Å². The lowest BCUT2D eigenvalue weighted by molar-refractivity contribution is -0.203. The van der Waals surface area contributed by atoms with Gasteiger partial charge in [-0.15, -0.1) is 0 Å². The van der Waals surface area contributed by atoms with Crippen molar-refractivity contribution >= 4 is 16.1 Å². The molecule has 0 spiro atoms. The highest BCUT2D eigenvalue weighted by atomic mass is 32.2. The molecule has 4 saturated carbocycles. The van der Waals surface area contributed by atoms with Crippen LogP contribution in [0.15, 0.2) is 23.1 Å². The Bertz CT molecular complexity index is 1280. The van der Waals surface area contributed by atoms with Gasteiger partial charge in [0.15, 0.2) is 11.6 Å². The van der Waals surface area contributed by atoms with Crippen LogP contribution in [0.3, 0.4) is 0 Å². The van der Waals surface area contributed by atoms with Crippen LogP contribution in [0.5, 0.6) is 0 Å². The first-order valence-electron chi connectivity index (χ1n) is 15.7. The topological polar surface area (TPSA) is 113 Å². The van der Waals surface area contributed by atoms with E-state index in [1.807, 2.05) is 0 Å². The van der Waals surface area contributed by atoms with E-state index < -0.39 is 32.6 Å². The third-order valence-corrected chi connectivity index (χ3v) is 13.7. The van der Waals surface area contributed by atoms with Crippen LogP contribution < -0.4 is 4.72 Å². The molecule has 0 aliphatic heterocycles. The maximum absolute atomic E-state index is 13.5. The van der Waals surface area contributed by atoms with Gasteiger partial charge in [-0.2, -0.15) is 0 Å². The van der Waals surface area contributed by atoms with E-state index in [-0.39, 0.29) is 47.4 Å². The van der Waals surface area contributed by atoms with Crippen LogP contribution in [0.1, 0.15) is 85.5 Å². The molecule has 3 N–H and O–H groups in total. The minimum atomic E-state index is -4.40. The summed E-state index contributed by atoms with van der Waals surface area (Å²) < 4.78 is 58.4. The summed E-state index contributed by atoms with van der Waals surface area (Å²) in [5.41, 5.74) is 0.214. The third kappa shape index (κ3) is 5.38. The standard InChI is InChI=1S/C32H47F2NO6S/c1-5-21-25-16-19(36)10-13-32(25,4)24-11-14-31(3)22(7-8-23(31)28(24)29(21)37)18(2)12-15-41-30(38)35-42(39,40)20-6-9-26(33)27(34)17-20/h6,9,17-19,21-25,28-29,36-37H,5,7-8,10-16H2,1-4H3,(H,35,38)/t18-,19-,21-,22-,23+,24+,25?,28-,29-,31?,32?/m1/s1. The van der Waals surface area contributed by atoms with Crippen molar-refractivity contribution in [2.75, 3.05) is 6.61 Å². The van der Waals surface area contributed by atoms with Crippen molar-refractivity contribution in [2.24, 2.45) is 52.3 Å². The predicted molar refractivity (Wildman–Crippen MR) is 154 cm³/mol. The predicted octanol–water partition coefficient (Wildman–Crippen LogP) is 6.03. The summed E-state index contributed by atoms with van der Waals surface area (Å²) >= 11 is 0. The molecule has 1 aromatic rings. The maximum Gasteiger partial charge on any atom is 0.421 e. The summed E-state index contributed by atoms with van der Waals surface area (Å²) in [6, 6.07) is 2.09. The van der Waals surface area contributed by atoms with Crippen molar-refractivity contribution in [1.82, 2.24) is 4.72 Å².